The maximum atomic E-state index is 12.7. The predicted molar refractivity (Wildman–Crippen MR) is 69.8 cm³/mol. The van der Waals surface area contributed by atoms with Gasteiger partial charge in [0.25, 0.3) is 0 Å². The van der Waals surface area contributed by atoms with E-state index in [0.29, 0.717) is 0 Å². The summed E-state index contributed by atoms with van der Waals surface area (Å²) in [5.74, 6) is -1.19. The van der Waals surface area contributed by atoms with Crippen LogP contribution in [0.2, 0.25) is 0 Å². The van der Waals surface area contributed by atoms with Gasteiger partial charge in [-0.1, -0.05) is 15.9 Å². The van der Waals surface area contributed by atoms with Crippen LogP contribution in [-0.4, -0.2) is 24.9 Å². The number of halogens is 4. The van der Waals surface area contributed by atoms with Gasteiger partial charge in [-0.25, -0.2) is 0 Å². The molecule has 0 aliphatic rings. The minimum atomic E-state index is -4.53. The van der Waals surface area contributed by atoms with E-state index in [4.69, 9.17) is 5.73 Å². The lowest BCUT2D eigenvalue weighted by molar-refractivity contribution is -0.138. The summed E-state index contributed by atoms with van der Waals surface area (Å²) in [6.45, 7) is -0.642. The molecule has 0 aliphatic carbocycles. The number of rotatable bonds is 4. The van der Waals surface area contributed by atoms with Crippen LogP contribution in [0.5, 0.6) is 0 Å². The van der Waals surface area contributed by atoms with E-state index in [1.165, 1.54) is 12.1 Å². The third-order valence-electron chi connectivity index (χ3n) is 2.19. The third-order valence-corrected chi connectivity index (χ3v) is 2.88. The quantitative estimate of drug-likeness (QED) is 0.766. The lowest BCUT2D eigenvalue weighted by Crippen LogP contribution is -2.36. The van der Waals surface area contributed by atoms with E-state index < -0.39 is 23.6 Å². The summed E-state index contributed by atoms with van der Waals surface area (Å²) in [5, 5.41) is 4.45. The molecule has 0 bridgehead atoms. The summed E-state index contributed by atoms with van der Waals surface area (Å²) in [7, 11) is 0. The molecule has 1 rings (SSSR count). The summed E-state index contributed by atoms with van der Waals surface area (Å²) >= 11 is 2.79. The van der Waals surface area contributed by atoms with Crippen LogP contribution < -0.4 is 16.4 Å². The average molecular weight is 354 g/mol. The molecule has 0 aromatic heterocycles. The molecule has 0 aliphatic heterocycles. The van der Waals surface area contributed by atoms with E-state index in [2.05, 4.69) is 26.6 Å². The van der Waals surface area contributed by atoms with Gasteiger partial charge < -0.3 is 16.4 Å². The maximum absolute atomic E-state index is 12.7. The standard InChI is InChI=1S/C11H11BrF3N3O2/c12-8-2-1-6(3-7(8)11(13,14)15)18-10(20)5-17-9(19)4-16/h1-3H,4-5,16H2,(H,17,19)(H,18,20). The zero-order valence-electron chi connectivity index (χ0n) is 10.1. The van der Waals surface area contributed by atoms with Gasteiger partial charge in [0.05, 0.1) is 18.7 Å². The van der Waals surface area contributed by atoms with Crippen molar-refractivity contribution in [2.24, 2.45) is 5.73 Å². The Bertz CT molecular complexity index is 520. The predicted octanol–water partition coefficient (Wildman–Crippen LogP) is 1.48. The zero-order chi connectivity index (χ0) is 15.3. The fourth-order valence-electron chi connectivity index (χ4n) is 1.28. The first-order valence-electron chi connectivity index (χ1n) is 5.37. The Morgan fingerprint density at radius 2 is 1.90 bits per heavy atom. The van der Waals surface area contributed by atoms with Crippen molar-refractivity contribution >= 4 is 33.4 Å². The summed E-state index contributed by atoms with van der Waals surface area (Å²) in [5.41, 5.74) is 4.10. The summed E-state index contributed by atoms with van der Waals surface area (Å²) in [6.07, 6.45) is -4.53. The first kappa shape index (κ1) is 16.4. The van der Waals surface area contributed by atoms with Crippen molar-refractivity contribution in [2.45, 2.75) is 6.18 Å². The van der Waals surface area contributed by atoms with E-state index >= 15 is 0 Å². The van der Waals surface area contributed by atoms with E-state index in [0.717, 1.165) is 6.07 Å². The lowest BCUT2D eigenvalue weighted by atomic mass is 10.2. The van der Waals surface area contributed by atoms with E-state index in [-0.39, 0.29) is 23.2 Å². The fraction of sp³-hybridized carbons (Fsp3) is 0.273. The molecular formula is C11H11BrF3N3O2. The molecule has 0 unspecified atom stereocenters. The molecule has 5 nitrogen and oxygen atoms in total. The molecule has 110 valence electrons. The first-order chi connectivity index (χ1) is 9.24. The SMILES string of the molecule is NCC(=O)NCC(=O)Nc1ccc(Br)c(C(F)(F)F)c1. The molecule has 4 N–H and O–H groups in total. The number of benzene rings is 1. The Labute approximate surface area is 120 Å². The number of nitrogens with two attached hydrogens (primary N) is 1. The molecule has 9 heteroatoms. The van der Waals surface area contributed by atoms with E-state index in [9.17, 15) is 22.8 Å². The summed E-state index contributed by atoms with van der Waals surface area (Å²) in [6, 6.07) is 3.28. The maximum Gasteiger partial charge on any atom is 0.417 e. The summed E-state index contributed by atoms with van der Waals surface area (Å²) < 4.78 is 37.8. The number of amides is 2. The molecule has 1 aromatic rings. The number of nitrogens with one attached hydrogen (secondary N) is 2. The van der Waals surface area contributed by atoms with Crippen molar-refractivity contribution in [1.82, 2.24) is 5.32 Å². The van der Waals surface area contributed by atoms with Gasteiger partial charge in [0.15, 0.2) is 0 Å². The van der Waals surface area contributed by atoms with Gasteiger partial charge in [-0.2, -0.15) is 13.2 Å². The van der Waals surface area contributed by atoms with Crippen LogP contribution in [0.3, 0.4) is 0 Å². The van der Waals surface area contributed by atoms with Gasteiger partial charge in [-0.15, -0.1) is 0 Å². The Kier molecular flexibility index (Phi) is 5.52. The number of hydrogen-bond donors (Lipinski definition) is 3. The second-order valence-corrected chi connectivity index (χ2v) is 4.58. The molecule has 0 heterocycles. The Balaban J connectivity index is 2.74. The van der Waals surface area contributed by atoms with Crippen molar-refractivity contribution in [2.75, 3.05) is 18.4 Å². The van der Waals surface area contributed by atoms with Gasteiger partial charge in [-0.3, -0.25) is 9.59 Å². The largest absolute Gasteiger partial charge is 0.417 e. The Morgan fingerprint density at radius 1 is 1.25 bits per heavy atom. The minimum absolute atomic E-state index is 0.0208. The molecule has 0 fully saturated rings. The first-order valence-corrected chi connectivity index (χ1v) is 6.16. The topological polar surface area (TPSA) is 84.2 Å². The molecule has 0 atom stereocenters. The van der Waals surface area contributed by atoms with E-state index in [1.54, 1.807) is 0 Å². The van der Waals surface area contributed by atoms with Crippen LogP contribution in [-0.2, 0) is 15.8 Å². The molecule has 2 amide bonds. The molecular weight excluding hydrogens is 343 g/mol. The smallest absolute Gasteiger partial charge is 0.346 e. The van der Waals surface area contributed by atoms with Crippen molar-refractivity contribution in [3.63, 3.8) is 0 Å². The Hall–Kier alpha value is -1.61. The van der Waals surface area contributed by atoms with Crippen molar-refractivity contribution in [1.29, 1.82) is 0 Å². The number of carbonyl (C=O) groups excluding carboxylic acids is 2. The van der Waals surface area contributed by atoms with Crippen molar-refractivity contribution < 1.29 is 22.8 Å². The van der Waals surface area contributed by atoms with Crippen LogP contribution in [0, 0.1) is 0 Å². The highest BCUT2D eigenvalue weighted by atomic mass is 79.9. The van der Waals surface area contributed by atoms with Gasteiger partial charge in [-0.05, 0) is 18.2 Å². The number of hydrogen-bond acceptors (Lipinski definition) is 3. The number of anilines is 1. The second-order valence-electron chi connectivity index (χ2n) is 3.72. The van der Waals surface area contributed by atoms with Gasteiger partial charge in [0, 0.05) is 10.2 Å². The fourth-order valence-corrected chi connectivity index (χ4v) is 1.75. The monoisotopic (exact) mass is 353 g/mol. The van der Waals surface area contributed by atoms with Crippen LogP contribution in [0.1, 0.15) is 5.56 Å². The van der Waals surface area contributed by atoms with Crippen LogP contribution in [0.15, 0.2) is 22.7 Å². The van der Waals surface area contributed by atoms with Crippen molar-refractivity contribution in [3.8, 4) is 0 Å². The molecule has 20 heavy (non-hydrogen) atoms. The Morgan fingerprint density at radius 3 is 2.45 bits per heavy atom. The van der Waals surface area contributed by atoms with Crippen LogP contribution >= 0.6 is 15.9 Å². The molecule has 1 aromatic carbocycles. The molecule has 0 radical (unpaired) electrons. The highest BCUT2D eigenvalue weighted by Crippen LogP contribution is 2.36. The van der Waals surface area contributed by atoms with Crippen LogP contribution in [0.4, 0.5) is 18.9 Å². The molecule has 0 spiro atoms. The van der Waals surface area contributed by atoms with Gasteiger partial charge in [0.1, 0.15) is 0 Å². The van der Waals surface area contributed by atoms with Gasteiger partial charge in [0.2, 0.25) is 11.8 Å². The lowest BCUT2D eigenvalue weighted by Gasteiger charge is -2.12. The molecule has 0 saturated heterocycles. The second kappa shape index (κ2) is 6.71. The zero-order valence-corrected chi connectivity index (χ0v) is 11.6. The summed E-state index contributed by atoms with van der Waals surface area (Å²) in [4.78, 5) is 22.2. The minimum Gasteiger partial charge on any atom is -0.346 e. The van der Waals surface area contributed by atoms with Gasteiger partial charge >= 0.3 is 6.18 Å². The third kappa shape index (κ3) is 4.82. The highest BCUT2D eigenvalue weighted by Gasteiger charge is 2.33. The van der Waals surface area contributed by atoms with Crippen LogP contribution in [0.25, 0.3) is 0 Å². The van der Waals surface area contributed by atoms with E-state index in [1.807, 2.05) is 0 Å². The normalized spacial score (nSPS) is 11.1. The van der Waals surface area contributed by atoms with Crippen molar-refractivity contribution in [3.05, 3.63) is 28.2 Å². The average Bonchev–Trinajstić information content (AvgIpc) is 2.37. The molecule has 0 saturated carbocycles. The number of carbonyl (C=O) groups is 2. The highest BCUT2D eigenvalue weighted by molar-refractivity contribution is 9.10. The number of alkyl halides is 3.